The van der Waals surface area contributed by atoms with Gasteiger partial charge in [-0.2, -0.15) is 0 Å². The summed E-state index contributed by atoms with van der Waals surface area (Å²) >= 11 is 0. The second-order valence-electron chi connectivity index (χ2n) is 6.78. The Hall–Kier alpha value is -0.960. The summed E-state index contributed by atoms with van der Waals surface area (Å²) < 4.78 is 27.7. The van der Waals surface area contributed by atoms with Crippen molar-refractivity contribution in [1.82, 2.24) is 5.32 Å². The van der Waals surface area contributed by atoms with E-state index in [1.165, 1.54) is 24.6 Å². The van der Waals surface area contributed by atoms with E-state index in [0.717, 1.165) is 25.8 Å². The van der Waals surface area contributed by atoms with Gasteiger partial charge >= 0.3 is 0 Å². The molecular formula is C18H27F2N. The molecule has 0 spiro atoms. The molecule has 1 aliphatic rings. The topological polar surface area (TPSA) is 12.0 Å². The minimum absolute atomic E-state index is 0.0779. The van der Waals surface area contributed by atoms with E-state index in [2.05, 4.69) is 26.1 Å². The van der Waals surface area contributed by atoms with Gasteiger partial charge in [0.2, 0.25) is 0 Å². The van der Waals surface area contributed by atoms with Crippen LogP contribution < -0.4 is 5.32 Å². The van der Waals surface area contributed by atoms with Gasteiger partial charge in [-0.25, -0.2) is 8.78 Å². The van der Waals surface area contributed by atoms with Gasteiger partial charge in [0.05, 0.1) is 0 Å². The van der Waals surface area contributed by atoms with E-state index < -0.39 is 0 Å². The molecule has 3 heteroatoms. The Bertz CT molecular complexity index is 451. The van der Waals surface area contributed by atoms with Gasteiger partial charge in [0, 0.05) is 11.6 Å². The monoisotopic (exact) mass is 295 g/mol. The quantitative estimate of drug-likeness (QED) is 0.799. The fraction of sp³-hybridized carbons (Fsp3) is 0.667. The summed E-state index contributed by atoms with van der Waals surface area (Å²) in [7, 11) is 0. The lowest BCUT2D eigenvalue weighted by Crippen LogP contribution is -2.34. The third-order valence-corrected chi connectivity index (χ3v) is 4.59. The zero-order chi connectivity index (χ0) is 15.4. The molecule has 0 amide bonds. The molecule has 1 saturated carbocycles. The fourth-order valence-corrected chi connectivity index (χ4v) is 3.86. The normalized spacial score (nSPS) is 27.6. The molecule has 0 bridgehead atoms. The first-order chi connectivity index (χ1) is 10.0. The first-order valence-corrected chi connectivity index (χ1v) is 8.19. The molecule has 1 aromatic carbocycles. The van der Waals surface area contributed by atoms with Crippen LogP contribution in [0, 0.1) is 29.4 Å². The maximum absolute atomic E-state index is 14.2. The summed E-state index contributed by atoms with van der Waals surface area (Å²) in [5, 5.41) is 3.46. The molecule has 1 N–H and O–H groups in total. The van der Waals surface area contributed by atoms with E-state index in [1.54, 1.807) is 0 Å². The maximum Gasteiger partial charge on any atom is 0.128 e. The summed E-state index contributed by atoms with van der Waals surface area (Å²) in [4.78, 5) is 0. The third-order valence-electron chi connectivity index (χ3n) is 4.59. The molecule has 0 aliphatic heterocycles. The van der Waals surface area contributed by atoms with Gasteiger partial charge in [-0.15, -0.1) is 0 Å². The molecule has 118 valence electrons. The number of hydrogen-bond donors (Lipinski definition) is 1. The van der Waals surface area contributed by atoms with Crippen LogP contribution in [0.2, 0.25) is 0 Å². The van der Waals surface area contributed by atoms with Crippen LogP contribution >= 0.6 is 0 Å². The molecule has 1 aromatic rings. The van der Waals surface area contributed by atoms with Gasteiger partial charge in [-0.3, -0.25) is 0 Å². The maximum atomic E-state index is 14.2. The van der Waals surface area contributed by atoms with E-state index in [4.69, 9.17) is 0 Å². The number of benzene rings is 1. The first-order valence-electron chi connectivity index (χ1n) is 8.19. The van der Waals surface area contributed by atoms with Crippen LogP contribution in [-0.4, -0.2) is 6.54 Å². The van der Waals surface area contributed by atoms with Crippen LogP contribution in [0.25, 0.3) is 0 Å². The average molecular weight is 295 g/mol. The Morgan fingerprint density at radius 1 is 1.14 bits per heavy atom. The third kappa shape index (κ3) is 4.26. The molecule has 1 nitrogen and oxygen atoms in total. The predicted molar refractivity (Wildman–Crippen MR) is 83.1 cm³/mol. The minimum Gasteiger partial charge on any atom is -0.310 e. The fourth-order valence-electron chi connectivity index (χ4n) is 3.86. The van der Waals surface area contributed by atoms with Gasteiger partial charge in [-0.05, 0) is 68.2 Å². The van der Waals surface area contributed by atoms with Crippen molar-refractivity contribution < 1.29 is 8.78 Å². The number of halogens is 2. The lowest BCUT2D eigenvalue weighted by molar-refractivity contribution is 0.174. The molecule has 3 atom stereocenters. The van der Waals surface area contributed by atoms with E-state index in [-0.39, 0.29) is 17.7 Å². The van der Waals surface area contributed by atoms with Crippen molar-refractivity contribution in [2.75, 3.05) is 6.54 Å². The molecule has 2 rings (SSSR count). The Kier molecular flexibility index (Phi) is 5.74. The molecule has 0 saturated heterocycles. The van der Waals surface area contributed by atoms with Crippen LogP contribution in [0.15, 0.2) is 18.2 Å². The van der Waals surface area contributed by atoms with Crippen molar-refractivity contribution in [3.63, 3.8) is 0 Å². The highest BCUT2D eigenvalue weighted by Gasteiger charge is 2.32. The smallest absolute Gasteiger partial charge is 0.128 e. The highest BCUT2D eigenvalue weighted by atomic mass is 19.1. The Labute approximate surface area is 127 Å². The zero-order valence-corrected chi connectivity index (χ0v) is 13.3. The Balaban J connectivity index is 2.26. The molecular weight excluding hydrogens is 268 g/mol. The summed E-state index contributed by atoms with van der Waals surface area (Å²) in [5.41, 5.74) is 0.495. The zero-order valence-electron chi connectivity index (χ0n) is 13.3. The van der Waals surface area contributed by atoms with Crippen LogP contribution in [-0.2, 0) is 0 Å². The van der Waals surface area contributed by atoms with Gasteiger partial charge in [0.15, 0.2) is 0 Å². The van der Waals surface area contributed by atoms with Gasteiger partial charge in [0.25, 0.3) is 0 Å². The lowest BCUT2D eigenvalue weighted by Gasteiger charge is -2.37. The molecule has 0 aromatic heterocycles. The highest BCUT2D eigenvalue weighted by molar-refractivity contribution is 5.23. The standard InChI is InChI=1S/C18H27F2N/c1-4-7-21-18(14-9-12(2)8-13(3)10-14)16-11-15(19)5-6-17(16)20/h5-6,11-14,18,21H,4,7-10H2,1-3H3. The van der Waals surface area contributed by atoms with Gasteiger partial charge in [-0.1, -0.05) is 20.8 Å². The Morgan fingerprint density at radius 2 is 1.81 bits per heavy atom. The van der Waals surface area contributed by atoms with Crippen molar-refractivity contribution in [2.24, 2.45) is 17.8 Å². The van der Waals surface area contributed by atoms with E-state index in [9.17, 15) is 8.78 Å². The van der Waals surface area contributed by atoms with E-state index >= 15 is 0 Å². The minimum atomic E-state index is -0.355. The largest absolute Gasteiger partial charge is 0.310 e. The van der Waals surface area contributed by atoms with Crippen LogP contribution in [0.5, 0.6) is 0 Å². The summed E-state index contributed by atoms with van der Waals surface area (Å²) in [6.07, 6.45) is 4.40. The van der Waals surface area contributed by atoms with Crippen molar-refractivity contribution in [3.05, 3.63) is 35.4 Å². The van der Waals surface area contributed by atoms with Gasteiger partial charge < -0.3 is 5.32 Å². The molecule has 0 radical (unpaired) electrons. The van der Waals surface area contributed by atoms with Crippen molar-refractivity contribution in [2.45, 2.75) is 52.5 Å². The first kappa shape index (κ1) is 16.4. The molecule has 1 aliphatic carbocycles. The number of rotatable bonds is 5. The van der Waals surface area contributed by atoms with Gasteiger partial charge in [0.1, 0.15) is 11.6 Å². The molecule has 1 fully saturated rings. The van der Waals surface area contributed by atoms with Crippen LogP contribution in [0.3, 0.4) is 0 Å². The summed E-state index contributed by atoms with van der Waals surface area (Å²) in [6, 6.07) is 3.74. The lowest BCUT2D eigenvalue weighted by atomic mass is 9.72. The molecule has 3 unspecified atom stereocenters. The predicted octanol–water partition coefficient (Wildman–Crippen LogP) is 5.08. The van der Waals surface area contributed by atoms with E-state index in [1.807, 2.05) is 0 Å². The summed E-state index contributed by atoms with van der Waals surface area (Å²) in [6.45, 7) is 7.46. The van der Waals surface area contributed by atoms with Crippen molar-refractivity contribution in [1.29, 1.82) is 0 Å². The number of nitrogens with one attached hydrogen (secondary N) is 1. The van der Waals surface area contributed by atoms with Crippen molar-refractivity contribution in [3.8, 4) is 0 Å². The van der Waals surface area contributed by atoms with Crippen molar-refractivity contribution >= 4 is 0 Å². The average Bonchev–Trinajstić information content (AvgIpc) is 2.42. The molecule has 0 heterocycles. The van der Waals surface area contributed by atoms with E-state index in [0.29, 0.717) is 23.3 Å². The highest BCUT2D eigenvalue weighted by Crippen LogP contribution is 2.40. The second-order valence-corrected chi connectivity index (χ2v) is 6.78. The second kappa shape index (κ2) is 7.35. The van der Waals surface area contributed by atoms with Crippen LogP contribution in [0.4, 0.5) is 8.78 Å². The summed E-state index contributed by atoms with van der Waals surface area (Å²) in [5.74, 6) is 1.04. The SMILES string of the molecule is CCCNC(c1cc(F)ccc1F)C1CC(C)CC(C)C1. The van der Waals surface area contributed by atoms with Crippen LogP contribution in [0.1, 0.15) is 58.1 Å². The number of hydrogen-bond acceptors (Lipinski definition) is 1. The Morgan fingerprint density at radius 3 is 2.43 bits per heavy atom. The molecule has 21 heavy (non-hydrogen) atoms.